The van der Waals surface area contributed by atoms with Crippen molar-refractivity contribution >= 4 is 17.0 Å². The molecule has 27 heavy (non-hydrogen) atoms. The molecule has 8 heteroatoms. The molecule has 0 aliphatic rings. The number of carbonyl (C=O) groups excluding carboxylic acids is 1. The summed E-state index contributed by atoms with van der Waals surface area (Å²) in [5.41, 5.74) is 2.77. The van der Waals surface area contributed by atoms with Crippen LogP contribution >= 0.6 is 0 Å². The molecule has 0 amide bonds. The Morgan fingerprint density at radius 3 is 2.81 bits per heavy atom. The molecule has 0 spiro atoms. The first kappa shape index (κ1) is 16.8. The van der Waals surface area contributed by atoms with Crippen LogP contribution in [0.15, 0.2) is 60.0 Å². The number of benzene rings is 1. The number of ether oxygens (including phenoxy) is 1. The molecule has 3 aromatic heterocycles. The lowest BCUT2D eigenvalue weighted by Crippen LogP contribution is -2.07. The van der Waals surface area contributed by atoms with Crippen LogP contribution in [0.5, 0.6) is 0 Å². The van der Waals surface area contributed by atoms with Crippen molar-refractivity contribution in [1.82, 2.24) is 24.3 Å². The first-order valence-electron chi connectivity index (χ1n) is 8.41. The van der Waals surface area contributed by atoms with Gasteiger partial charge < -0.3 is 14.3 Å². The number of aromatic nitrogens is 5. The minimum absolute atomic E-state index is 0.216. The maximum atomic E-state index is 12.5. The van der Waals surface area contributed by atoms with Crippen molar-refractivity contribution in [1.29, 1.82) is 0 Å². The molecule has 136 valence electrons. The molecule has 8 nitrogen and oxygen atoms in total. The Morgan fingerprint density at radius 2 is 2.04 bits per heavy atom. The molecule has 0 bridgehead atoms. The maximum Gasteiger partial charge on any atom is 0.307 e. The first-order valence-corrected chi connectivity index (χ1v) is 8.41. The van der Waals surface area contributed by atoms with Gasteiger partial charge in [0.2, 0.25) is 0 Å². The molecule has 0 unspecified atom stereocenters. The first-order chi connectivity index (χ1) is 13.2. The fourth-order valence-electron chi connectivity index (χ4n) is 3.01. The van der Waals surface area contributed by atoms with Crippen molar-refractivity contribution in [3.63, 3.8) is 0 Å². The highest BCUT2D eigenvalue weighted by Gasteiger charge is 2.17. The zero-order valence-electron chi connectivity index (χ0n) is 14.6. The van der Waals surface area contributed by atoms with Gasteiger partial charge in [0, 0.05) is 29.2 Å². The number of hydrogen-bond donors (Lipinski definition) is 1. The molecular weight excluding hydrogens is 346 g/mol. The molecule has 0 radical (unpaired) electrons. The van der Waals surface area contributed by atoms with Crippen molar-refractivity contribution in [2.45, 2.75) is 13.0 Å². The van der Waals surface area contributed by atoms with Gasteiger partial charge in [-0.1, -0.05) is 18.2 Å². The van der Waals surface area contributed by atoms with E-state index in [4.69, 9.17) is 0 Å². The highest BCUT2D eigenvalue weighted by Crippen LogP contribution is 2.29. The van der Waals surface area contributed by atoms with Crippen LogP contribution in [0.4, 0.5) is 0 Å². The number of aromatic amines is 1. The summed E-state index contributed by atoms with van der Waals surface area (Å²) in [5, 5.41) is 4.78. The molecule has 3 heterocycles. The van der Waals surface area contributed by atoms with Crippen LogP contribution in [0.25, 0.3) is 27.8 Å². The van der Waals surface area contributed by atoms with Crippen molar-refractivity contribution in [3.05, 3.63) is 65.6 Å². The molecule has 0 saturated carbocycles. The second-order valence-electron chi connectivity index (χ2n) is 6.00. The molecule has 4 aromatic rings. The van der Waals surface area contributed by atoms with E-state index in [9.17, 15) is 9.59 Å². The Balaban J connectivity index is 1.80. The summed E-state index contributed by atoms with van der Waals surface area (Å²) < 4.78 is 8.19. The molecule has 0 fully saturated rings. The highest BCUT2D eigenvalue weighted by molar-refractivity contribution is 5.94. The third kappa shape index (κ3) is 3.12. The van der Waals surface area contributed by atoms with Gasteiger partial charge in [0.15, 0.2) is 5.65 Å². The van der Waals surface area contributed by atoms with E-state index in [-0.39, 0.29) is 17.9 Å². The zero-order valence-corrected chi connectivity index (χ0v) is 14.6. The van der Waals surface area contributed by atoms with E-state index in [0.29, 0.717) is 17.6 Å². The van der Waals surface area contributed by atoms with Crippen LogP contribution in [0, 0.1) is 0 Å². The highest BCUT2D eigenvalue weighted by atomic mass is 16.5. The third-order valence-electron chi connectivity index (χ3n) is 4.34. The summed E-state index contributed by atoms with van der Waals surface area (Å²) in [6.45, 7) is 0.401. The standard InChI is InChI=1S/C19H17N5O3/c1-27-16(25)7-8-23-10-13(9-22-23)15-11-24(14-5-3-2-4-6-14)18-17(15)19(26)21-12-20-18/h2-6,9-12H,7-8H2,1H3,(H,20,21,26). The van der Waals surface area contributed by atoms with E-state index in [1.54, 1.807) is 17.1 Å². The smallest absolute Gasteiger partial charge is 0.307 e. The number of nitrogens with zero attached hydrogens (tertiary/aromatic N) is 4. The van der Waals surface area contributed by atoms with Crippen LogP contribution in [-0.4, -0.2) is 37.4 Å². The van der Waals surface area contributed by atoms with Gasteiger partial charge in [-0.2, -0.15) is 5.10 Å². The number of para-hydroxylation sites is 1. The fourth-order valence-corrected chi connectivity index (χ4v) is 3.01. The van der Waals surface area contributed by atoms with E-state index in [0.717, 1.165) is 16.8 Å². The predicted octanol–water partition coefficient (Wildman–Crippen LogP) is 2.14. The van der Waals surface area contributed by atoms with E-state index in [1.807, 2.05) is 41.1 Å². The molecule has 0 atom stereocenters. The van der Waals surface area contributed by atoms with Gasteiger partial charge in [-0.25, -0.2) is 4.98 Å². The molecule has 0 aliphatic heterocycles. The van der Waals surface area contributed by atoms with E-state index in [1.165, 1.54) is 13.4 Å². The Bertz CT molecular complexity index is 1160. The number of aryl methyl sites for hydroxylation is 1. The summed E-state index contributed by atoms with van der Waals surface area (Å²) in [7, 11) is 1.36. The van der Waals surface area contributed by atoms with Crippen molar-refractivity contribution < 1.29 is 9.53 Å². The monoisotopic (exact) mass is 363 g/mol. The lowest BCUT2D eigenvalue weighted by Gasteiger charge is -2.02. The van der Waals surface area contributed by atoms with Gasteiger partial charge >= 0.3 is 5.97 Å². The second-order valence-corrected chi connectivity index (χ2v) is 6.00. The summed E-state index contributed by atoms with van der Waals surface area (Å²) in [6, 6.07) is 9.69. The Morgan fingerprint density at radius 1 is 1.22 bits per heavy atom. The largest absolute Gasteiger partial charge is 0.469 e. The van der Waals surface area contributed by atoms with Crippen molar-refractivity contribution in [2.75, 3.05) is 7.11 Å². The Kier molecular flexibility index (Phi) is 4.29. The average molecular weight is 363 g/mol. The normalized spacial score (nSPS) is 11.0. The van der Waals surface area contributed by atoms with Gasteiger partial charge in [0.25, 0.3) is 5.56 Å². The van der Waals surface area contributed by atoms with E-state index in [2.05, 4.69) is 19.8 Å². The SMILES string of the molecule is COC(=O)CCn1cc(-c2cn(-c3ccccc3)c3nc[nH]c(=O)c23)cn1. The quantitative estimate of drug-likeness (QED) is 0.548. The Hall–Kier alpha value is -3.68. The Labute approximate surface area is 154 Å². The number of carbonyl (C=O) groups is 1. The topological polar surface area (TPSA) is 94.8 Å². The number of nitrogens with one attached hydrogen (secondary N) is 1. The minimum Gasteiger partial charge on any atom is -0.469 e. The number of methoxy groups -OCH3 is 1. The fraction of sp³-hybridized carbons (Fsp3) is 0.158. The van der Waals surface area contributed by atoms with Crippen LogP contribution in [0.3, 0.4) is 0 Å². The maximum absolute atomic E-state index is 12.5. The van der Waals surface area contributed by atoms with E-state index >= 15 is 0 Å². The predicted molar refractivity (Wildman–Crippen MR) is 99.5 cm³/mol. The molecule has 1 aromatic carbocycles. The average Bonchev–Trinajstić information content (AvgIpc) is 3.32. The lowest BCUT2D eigenvalue weighted by molar-refractivity contribution is -0.140. The summed E-state index contributed by atoms with van der Waals surface area (Å²) >= 11 is 0. The zero-order chi connectivity index (χ0) is 18.8. The van der Waals surface area contributed by atoms with Crippen LogP contribution in [0.2, 0.25) is 0 Å². The number of H-pyrrole nitrogens is 1. The van der Waals surface area contributed by atoms with Gasteiger partial charge in [-0.15, -0.1) is 0 Å². The van der Waals surface area contributed by atoms with Gasteiger partial charge in [0.05, 0.1) is 38.0 Å². The van der Waals surface area contributed by atoms with Crippen molar-refractivity contribution in [2.24, 2.45) is 0 Å². The number of hydrogen-bond acceptors (Lipinski definition) is 5. The van der Waals surface area contributed by atoms with Crippen molar-refractivity contribution in [3.8, 4) is 16.8 Å². The van der Waals surface area contributed by atoms with E-state index < -0.39 is 0 Å². The third-order valence-corrected chi connectivity index (χ3v) is 4.34. The number of esters is 1. The van der Waals surface area contributed by atoms with Gasteiger partial charge in [0.1, 0.15) is 0 Å². The summed E-state index contributed by atoms with van der Waals surface area (Å²) in [5.74, 6) is -0.298. The lowest BCUT2D eigenvalue weighted by atomic mass is 10.1. The molecule has 1 N–H and O–H groups in total. The van der Waals surface area contributed by atoms with Crippen LogP contribution in [0.1, 0.15) is 6.42 Å². The molecule has 0 aliphatic carbocycles. The minimum atomic E-state index is -0.298. The second kappa shape index (κ2) is 6.91. The summed E-state index contributed by atoms with van der Waals surface area (Å²) in [6.07, 6.45) is 6.98. The van der Waals surface area contributed by atoms with Gasteiger partial charge in [-0.3, -0.25) is 14.3 Å². The van der Waals surface area contributed by atoms with Crippen LogP contribution in [-0.2, 0) is 16.1 Å². The molecule has 4 rings (SSSR count). The molecular formula is C19H17N5O3. The number of rotatable bonds is 5. The summed E-state index contributed by atoms with van der Waals surface area (Å²) in [4.78, 5) is 30.8. The van der Waals surface area contributed by atoms with Crippen LogP contribution < -0.4 is 5.56 Å². The van der Waals surface area contributed by atoms with Gasteiger partial charge in [-0.05, 0) is 12.1 Å². The molecule has 0 saturated heterocycles. The number of fused-ring (bicyclic) bond motifs is 1.